The molecule has 2 aromatic heterocycles. The highest BCUT2D eigenvalue weighted by molar-refractivity contribution is 5.54. The van der Waals surface area contributed by atoms with E-state index in [1.807, 2.05) is 31.3 Å². The van der Waals surface area contributed by atoms with Crippen LogP contribution in [0.5, 0.6) is 0 Å². The molecule has 4 nitrogen and oxygen atoms in total. The lowest BCUT2D eigenvalue weighted by atomic mass is 10.1. The van der Waals surface area contributed by atoms with Crippen LogP contribution < -0.4 is 5.73 Å². The van der Waals surface area contributed by atoms with Gasteiger partial charge in [-0.1, -0.05) is 6.92 Å². The van der Waals surface area contributed by atoms with Crippen molar-refractivity contribution in [1.29, 1.82) is 0 Å². The fraction of sp³-hybridized carbons (Fsp3) is 0.385. The molecule has 0 bridgehead atoms. The van der Waals surface area contributed by atoms with Crippen LogP contribution in [0.2, 0.25) is 0 Å². The zero-order chi connectivity index (χ0) is 12.3. The van der Waals surface area contributed by atoms with Crippen LogP contribution in [0.4, 0.5) is 0 Å². The standard InChI is InChI=1S/C13H18N4/c1-9(5-6-14)13-16-10(2)8-12(17-13)11-4-3-7-15-11/h3-4,7-9,15H,5-6,14H2,1-2H3. The predicted molar refractivity (Wildman–Crippen MR) is 68.6 cm³/mol. The van der Waals surface area contributed by atoms with Crippen LogP contribution in [0.25, 0.3) is 11.4 Å². The first-order valence-electron chi connectivity index (χ1n) is 5.90. The SMILES string of the molecule is Cc1cc(-c2ccc[nH]2)nc(C(C)CCN)n1. The third-order valence-electron chi connectivity index (χ3n) is 2.79. The average Bonchev–Trinajstić information content (AvgIpc) is 2.82. The van der Waals surface area contributed by atoms with Crippen molar-refractivity contribution in [3.63, 3.8) is 0 Å². The summed E-state index contributed by atoms with van der Waals surface area (Å²) in [6.07, 6.45) is 2.81. The van der Waals surface area contributed by atoms with Gasteiger partial charge in [0.15, 0.2) is 0 Å². The Morgan fingerprint density at radius 3 is 2.88 bits per heavy atom. The molecule has 0 aliphatic rings. The molecule has 0 saturated carbocycles. The summed E-state index contributed by atoms with van der Waals surface area (Å²) in [7, 11) is 0. The zero-order valence-electron chi connectivity index (χ0n) is 10.3. The molecule has 2 rings (SSSR count). The maximum absolute atomic E-state index is 5.58. The molecule has 0 amide bonds. The molecule has 0 aliphatic heterocycles. The lowest BCUT2D eigenvalue weighted by Gasteiger charge is -2.10. The highest BCUT2D eigenvalue weighted by atomic mass is 14.9. The van der Waals surface area contributed by atoms with E-state index in [0.29, 0.717) is 12.5 Å². The van der Waals surface area contributed by atoms with Crippen molar-refractivity contribution in [3.05, 3.63) is 35.9 Å². The number of hydrogen-bond acceptors (Lipinski definition) is 3. The number of nitrogens with two attached hydrogens (primary N) is 1. The summed E-state index contributed by atoms with van der Waals surface area (Å²) in [5.74, 6) is 1.17. The summed E-state index contributed by atoms with van der Waals surface area (Å²) in [6.45, 7) is 4.77. The Morgan fingerprint density at radius 2 is 2.24 bits per heavy atom. The first-order valence-corrected chi connectivity index (χ1v) is 5.90. The van der Waals surface area contributed by atoms with E-state index in [9.17, 15) is 0 Å². The third-order valence-corrected chi connectivity index (χ3v) is 2.79. The number of hydrogen-bond donors (Lipinski definition) is 2. The van der Waals surface area contributed by atoms with Crippen molar-refractivity contribution in [1.82, 2.24) is 15.0 Å². The van der Waals surface area contributed by atoms with Crippen molar-refractivity contribution >= 4 is 0 Å². The van der Waals surface area contributed by atoms with Crippen LogP contribution in [0.1, 0.15) is 30.8 Å². The molecule has 17 heavy (non-hydrogen) atoms. The third kappa shape index (κ3) is 2.71. The highest BCUT2D eigenvalue weighted by Crippen LogP contribution is 2.20. The molecule has 0 aromatic carbocycles. The van der Waals surface area contributed by atoms with Gasteiger partial charge in [-0.15, -0.1) is 0 Å². The Bertz CT molecular complexity index is 476. The maximum Gasteiger partial charge on any atom is 0.132 e. The predicted octanol–water partition coefficient (Wildman–Crippen LogP) is 2.23. The second kappa shape index (κ2) is 5.10. The van der Waals surface area contributed by atoms with Gasteiger partial charge in [0.05, 0.1) is 11.4 Å². The lowest BCUT2D eigenvalue weighted by molar-refractivity contribution is 0.645. The number of nitrogens with zero attached hydrogens (tertiary/aromatic N) is 2. The molecule has 1 atom stereocenters. The van der Waals surface area contributed by atoms with Gasteiger partial charge in [-0.2, -0.15) is 0 Å². The Balaban J connectivity index is 2.36. The molecule has 2 heterocycles. The summed E-state index contributed by atoms with van der Waals surface area (Å²) >= 11 is 0. The first kappa shape index (κ1) is 11.8. The molecule has 0 saturated heterocycles. The van der Waals surface area contributed by atoms with E-state index >= 15 is 0 Å². The molecule has 4 heteroatoms. The van der Waals surface area contributed by atoms with Gasteiger partial charge >= 0.3 is 0 Å². The van der Waals surface area contributed by atoms with Gasteiger partial charge < -0.3 is 10.7 Å². The van der Waals surface area contributed by atoms with E-state index in [1.165, 1.54) is 0 Å². The highest BCUT2D eigenvalue weighted by Gasteiger charge is 2.11. The molecule has 0 spiro atoms. The zero-order valence-corrected chi connectivity index (χ0v) is 10.3. The van der Waals surface area contributed by atoms with Gasteiger partial charge in [-0.25, -0.2) is 9.97 Å². The van der Waals surface area contributed by atoms with Gasteiger partial charge in [0.25, 0.3) is 0 Å². The first-order chi connectivity index (χ1) is 8.20. The molecular formula is C13H18N4. The summed E-state index contributed by atoms with van der Waals surface area (Å²) < 4.78 is 0. The molecule has 0 fully saturated rings. The number of rotatable bonds is 4. The Kier molecular flexibility index (Phi) is 3.54. The smallest absolute Gasteiger partial charge is 0.132 e. The lowest BCUT2D eigenvalue weighted by Crippen LogP contribution is -2.09. The van der Waals surface area contributed by atoms with E-state index < -0.39 is 0 Å². The molecule has 1 unspecified atom stereocenters. The second-order valence-corrected chi connectivity index (χ2v) is 4.31. The van der Waals surface area contributed by atoms with Gasteiger partial charge in [0, 0.05) is 17.8 Å². The van der Waals surface area contributed by atoms with Crippen LogP contribution in [0.3, 0.4) is 0 Å². The van der Waals surface area contributed by atoms with Gasteiger partial charge in [-0.05, 0) is 38.1 Å². The molecule has 90 valence electrons. The van der Waals surface area contributed by atoms with Crippen LogP contribution in [-0.2, 0) is 0 Å². The second-order valence-electron chi connectivity index (χ2n) is 4.31. The fourth-order valence-electron chi connectivity index (χ4n) is 1.82. The summed E-state index contributed by atoms with van der Waals surface area (Å²) in [5.41, 5.74) is 8.54. The average molecular weight is 230 g/mol. The number of H-pyrrole nitrogens is 1. The molecular weight excluding hydrogens is 212 g/mol. The number of aromatic amines is 1. The van der Waals surface area contributed by atoms with Crippen LogP contribution in [0.15, 0.2) is 24.4 Å². The van der Waals surface area contributed by atoms with Crippen LogP contribution in [0, 0.1) is 6.92 Å². The van der Waals surface area contributed by atoms with Crippen molar-refractivity contribution in [2.75, 3.05) is 6.54 Å². The van der Waals surface area contributed by atoms with Crippen molar-refractivity contribution in [3.8, 4) is 11.4 Å². The van der Waals surface area contributed by atoms with Crippen molar-refractivity contribution in [2.45, 2.75) is 26.2 Å². The topological polar surface area (TPSA) is 67.6 Å². The molecule has 0 radical (unpaired) electrons. The van der Waals surface area contributed by atoms with E-state index in [4.69, 9.17) is 5.73 Å². The molecule has 2 aromatic rings. The van der Waals surface area contributed by atoms with E-state index in [1.54, 1.807) is 0 Å². The monoisotopic (exact) mass is 230 g/mol. The van der Waals surface area contributed by atoms with Crippen molar-refractivity contribution in [2.24, 2.45) is 5.73 Å². The van der Waals surface area contributed by atoms with E-state index in [2.05, 4.69) is 21.9 Å². The normalized spacial score (nSPS) is 12.6. The molecule has 0 aliphatic carbocycles. The fourth-order valence-corrected chi connectivity index (χ4v) is 1.82. The minimum Gasteiger partial charge on any atom is -0.360 e. The Morgan fingerprint density at radius 1 is 1.41 bits per heavy atom. The van der Waals surface area contributed by atoms with Gasteiger partial charge in [-0.3, -0.25) is 0 Å². The minimum absolute atomic E-state index is 0.300. The van der Waals surface area contributed by atoms with E-state index in [-0.39, 0.29) is 0 Å². The van der Waals surface area contributed by atoms with E-state index in [0.717, 1.165) is 29.3 Å². The van der Waals surface area contributed by atoms with Crippen molar-refractivity contribution < 1.29 is 0 Å². The number of nitrogens with one attached hydrogen (secondary N) is 1. The summed E-state index contributed by atoms with van der Waals surface area (Å²) in [6, 6.07) is 5.97. The van der Waals surface area contributed by atoms with Crippen LogP contribution in [-0.4, -0.2) is 21.5 Å². The quantitative estimate of drug-likeness (QED) is 0.846. The largest absolute Gasteiger partial charge is 0.360 e. The van der Waals surface area contributed by atoms with Crippen LogP contribution >= 0.6 is 0 Å². The molecule has 3 N–H and O–H groups in total. The van der Waals surface area contributed by atoms with Gasteiger partial charge in [0.1, 0.15) is 5.82 Å². The maximum atomic E-state index is 5.58. The summed E-state index contributed by atoms with van der Waals surface area (Å²) in [4.78, 5) is 12.2. The Hall–Kier alpha value is -1.68. The number of aromatic nitrogens is 3. The Labute approximate surface area is 101 Å². The minimum atomic E-state index is 0.300. The number of aryl methyl sites for hydroxylation is 1. The summed E-state index contributed by atoms with van der Waals surface area (Å²) in [5, 5.41) is 0. The van der Waals surface area contributed by atoms with Gasteiger partial charge in [0.2, 0.25) is 0 Å².